The number of hydrogen-bond acceptors (Lipinski definition) is 2. The highest BCUT2D eigenvalue weighted by Gasteiger charge is 2.46. The molecule has 11 aromatic carbocycles. The lowest BCUT2D eigenvalue weighted by Gasteiger charge is -2.35. The molecule has 0 saturated carbocycles. The van der Waals surface area contributed by atoms with E-state index in [-0.39, 0.29) is 0 Å². The highest BCUT2D eigenvalue weighted by molar-refractivity contribution is 7.25. The van der Waals surface area contributed by atoms with Gasteiger partial charge in [-0.3, -0.25) is 0 Å². The van der Waals surface area contributed by atoms with Crippen LogP contribution >= 0.6 is 11.3 Å². The molecule has 13 rings (SSSR count). The second-order valence-corrected chi connectivity index (χ2v) is 18.7. The Labute approximate surface area is 395 Å². The van der Waals surface area contributed by atoms with Gasteiger partial charge in [0.05, 0.1) is 11.1 Å². The summed E-state index contributed by atoms with van der Waals surface area (Å²) in [5, 5.41) is 5.12. The van der Waals surface area contributed by atoms with Gasteiger partial charge in [-0.1, -0.05) is 212 Å². The summed E-state index contributed by atoms with van der Waals surface area (Å²) in [5.41, 5.74) is 17.6. The number of benzene rings is 11. The van der Waals surface area contributed by atoms with Gasteiger partial charge in [-0.2, -0.15) is 0 Å². The highest BCUT2D eigenvalue weighted by atomic mass is 32.1. The van der Waals surface area contributed by atoms with Crippen molar-refractivity contribution in [3.8, 4) is 44.5 Å². The predicted molar refractivity (Wildman–Crippen MR) is 285 cm³/mol. The Morgan fingerprint density at radius 3 is 1.69 bits per heavy atom. The molecule has 0 atom stereocenters. The molecule has 314 valence electrons. The van der Waals surface area contributed by atoms with Crippen molar-refractivity contribution < 1.29 is 0 Å². The van der Waals surface area contributed by atoms with Crippen LogP contribution in [0, 0.1) is 0 Å². The molecule has 2 heteroatoms. The Bertz CT molecular complexity index is 3760. The largest absolute Gasteiger partial charge is 0.310 e. The van der Waals surface area contributed by atoms with E-state index in [1.807, 2.05) is 11.3 Å². The van der Waals surface area contributed by atoms with E-state index < -0.39 is 5.41 Å². The molecule has 0 aliphatic heterocycles. The molecular formula is C65H43NS. The van der Waals surface area contributed by atoms with Crippen molar-refractivity contribution in [1.29, 1.82) is 0 Å². The van der Waals surface area contributed by atoms with Gasteiger partial charge >= 0.3 is 0 Å². The fourth-order valence-electron chi connectivity index (χ4n) is 11.0. The summed E-state index contributed by atoms with van der Waals surface area (Å²) in [6, 6.07) is 96.4. The molecule has 0 saturated heterocycles. The lowest BCUT2D eigenvalue weighted by atomic mass is 9.67. The summed E-state index contributed by atoms with van der Waals surface area (Å²) in [4.78, 5) is 2.48. The zero-order chi connectivity index (χ0) is 44.3. The van der Waals surface area contributed by atoms with E-state index in [0.717, 1.165) is 17.1 Å². The molecule has 0 amide bonds. The maximum atomic E-state index is 2.48. The van der Waals surface area contributed by atoms with Gasteiger partial charge in [0.15, 0.2) is 0 Å². The molecule has 0 N–H and O–H groups in total. The minimum atomic E-state index is -0.527. The Morgan fingerprint density at radius 2 is 0.866 bits per heavy atom. The predicted octanol–water partition coefficient (Wildman–Crippen LogP) is 18.0. The Hall–Kier alpha value is -8.30. The summed E-state index contributed by atoms with van der Waals surface area (Å²) < 4.78 is 2.60. The minimum Gasteiger partial charge on any atom is -0.310 e. The second-order valence-electron chi connectivity index (χ2n) is 17.6. The van der Waals surface area contributed by atoms with Gasteiger partial charge in [0.25, 0.3) is 0 Å². The van der Waals surface area contributed by atoms with Crippen LogP contribution in [-0.2, 0) is 5.41 Å². The van der Waals surface area contributed by atoms with E-state index in [2.05, 4.69) is 266 Å². The van der Waals surface area contributed by atoms with Gasteiger partial charge in [-0.25, -0.2) is 0 Å². The molecule has 0 spiro atoms. The maximum absolute atomic E-state index is 2.48. The Morgan fingerprint density at radius 1 is 0.299 bits per heavy atom. The third kappa shape index (κ3) is 6.37. The van der Waals surface area contributed by atoms with Crippen molar-refractivity contribution in [3.05, 3.63) is 283 Å². The van der Waals surface area contributed by atoms with E-state index in [9.17, 15) is 0 Å². The molecule has 0 fully saturated rings. The van der Waals surface area contributed by atoms with E-state index in [1.54, 1.807) is 0 Å². The standard InChI is InChI=1S/C65H43NS/c1-3-21-49(22-4-1)65(50-23-5-2-6-24-50)60-30-12-9-27-56(60)57-40-38-52(43-61(57)65)66(62-31-13-10-26-55(62)48-35-39-59-58-28-11-14-32-63(58)67-64(59)42-48)51-36-33-44(34-37-51)46-19-15-20-47(41-46)54-29-16-18-45-17-7-8-25-53(45)54/h1-43H. The van der Waals surface area contributed by atoms with Crippen LogP contribution in [0.25, 0.3) is 75.5 Å². The average molecular weight is 870 g/mol. The van der Waals surface area contributed by atoms with Crippen LogP contribution in [0.2, 0.25) is 0 Å². The van der Waals surface area contributed by atoms with E-state index in [0.29, 0.717) is 0 Å². The van der Waals surface area contributed by atoms with Gasteiger partial charge in [-0.15, -0.1) is 11.3 Å². The van der Waals surface area contributed by atoms with Gasteiger partial charge in [0.2, 0.25) is 0 Å². The first-order valence-electron chi connectivity index (χ1n) is 23.1. The first-order valence-corrected chi connectivity index (χ1v) is 23.9. The number of thiophene rings is 1. The number of anilines is 3. The zero-order valence-corrected chi connectivity index (χ0v) is 37.5. The van der Waals surface area contributed by atoms with E-state index in [1.165, 1.54) is 97.7 Å². The summed E-state index contributed by atoms with van der Waals surface area (Å²) in [6.45, 7) is 0. The average Bonchev–Trinajstić information content (AvgIpc) is 3.93. The summed E-state index contributed by atoms with van der Waals surface area (Å²) in [7, 11) is 0. The van der Waals surface area contributed by atoms with Crippen molar-refractivity contribution in [2.75, 3.05) is 4.90 Å². The molecular weight excluding hydrogens is 827 g/mol. The molecule has 1 aliphatic rings. The first-order chi connectivity index (χ1) is 33.2. The third-order valence-electron chi connectivity index (χ3n) is 14.0. The Kier molecular flexibility index (Phi) is 9.33. The molecule has 67 heavy (non-hydrogen) atoms. The summed E-state index contributed by atoms with van der Waals surface area (Å²) in [6.07, 6.45) is 0. The maximum Gasteiger partial charge on any atom is 0.0714 e. The number of fused-ring (bicyclic) bond motifs is 7. The Balaban J connectivity index is 1.00. The lowest BCUT2D eigenvalue weighted by Crippen LogP contribution is -2.28. The first kappa shape index (κ1) is 39.1. The quantitative estimate of drug-likeness (QED) is 0.147. The normalized spacial score (nSPS) is 12.6. The van der Waals surface area contributed by atoms with Gasteiger partial charge in [-0.05, 0) is 121 Å². The van der Waals surface area contributed by atoms with Crippen LogP contribution in [0.5, 0.6) is 0 Å². The molecule has 0 radical (unpaired) electrons. The van der Waals surface area contributed by atoms with Crippen LogP contribution in [0.15, 0.2) is 261 Å². The molecule has 0 unspecified atom stereocenters. The van der Waals surface area contributed by atoms with Crippen molar-refractivity contribution in [2.45, 2.75) is 5.41 Å². The van der Waals surface area contributed by atoms with E-state index in [4.69, 9.17) is 0 Å². The van der Waals surface area contributed by atoms with Crippen molar-refractivity contribution in [3.63, 3.8) is 0 Å². The van der Waals surface area contributed by atoms with Gasteiger partial charge in [0.1, 0.15) is 0 Å². The van der Waals surface area contributed by atoms with Crippen LogP contribution in [0.4, 0.5) is 17.1 Å². The molecule has 1 aliphatic carbocycles. The molecule has 12 aromatic rings. The smallest absolute Gasteiger partial charge is 0.0714 e. The topological polar surface area (TPSA) is 3.24 Å². The number of hydrogen-bond donors (Lipinski definition) is 0. The molecule has 1 heterocycles. The SMILES string of the molecule is c1ccc(C2(c3ccccc3)c3ccccc3-c3ccc(N(c4ccc(-c5cccc(-c6cccc7ccccc67)c5)cc4)c4ccccc4-c4ccc5c(c4)sc4ccccc45)cc32)cc1. The number of para-hydroxylation sites is 1. The van der Waals surface area contributed by atoms with Gasteiger partial charge < -0.3 is 4.90 Å². The van der Waals surface area contributed by atoms with Crippen molar-refractivity contribution in [1.82, 2.24) is 0 Å². The number of rotatable bonds is 8. The molecule has 1 aromatic heterocycles. The number of nitrogens with zero attached hydrogens (tertiary/aromatic N) is 1. The molecule has 1 nitrogen and oxygen atoms in total. The van der Waals surface area contributed by atoms with Crippen molar-refractivity contribution >= 4 is 59.3 Å². The summed E-state index contributed by atoms with van der Waals surface area (Å²) in [5.74, 6) is 0. The molecule has 0 bridgehead atoms. The van der Waals surface area contributed by atoms with E-state index >= 15 is 0 Å². The third-order valence-corrected chi connectivity index (χ3v) is 15.1. The van der Waals surface area contributed by atoms with Gasteiger partial charge in [0, 0.05) is 37.1 Å². The second kappa shape index (κ2) is 16.0. The van der Waals surface area contributed by atoms with Crippen LogP contribution in [-0.4, -0.2) is 0 Å². The lowest BCUT2D eigenvalue weighted by molar-refractivity contribution is 0.768. The van der Waals surface area contributed by atoms with Crippen LogP contribution < -0.4 is 4.90 Å². The minimum absolute atomic E-state index is 0.527. The van der Waals surface area contributed by atoms with Crippen LogP contribution in [0.1, 0.15) is 22.3 Å². The zero-order valence-electron chi connectivity index (χ0n) is 36.7. The fourth-order valence-corrected chi connectivity index (χ4v) is 12.1. The summed E-state index contributed by atoms with van der Waals surface area (Å²) >= 11 is 1.87. The van der Waals surface area contributed by atoms with Crippen molar-refractivity contribution in [2.24, 2.45) is 0 Å². The fraction of sp³-hybridized carbons (Fsp3) is 0.0154. The monoisotopic (exact) mass is 869 g/mol. The van der Waals surface area contributed by atoms with Crippen LogP contribution in [0.3, 0.4) is 0 Å². The highest BCUT2D eigenvalue weighted by Crippen LogP contribution is 2.57.